The average molecular weight is 311 g/mol. The molecule has 5 nitrogen and oxygen atoms in total. The Balaban J connectivity index is 2.11. The molecule has 1 aromatic carbocycles. The number of fused-ring (bicyclic) bond motifs is 3. The summed E-state index contributed by atoms with van der Waals surface area (Å²) < 4.78 is 2.27. The lowest BCUT2D eigenvalue weighted by Crippen LogP contribution is -2.27. The van der Waals surface area contributed by atoms with Crippen LogP contribution in [0.2, 0.25) is 0 Å². The molecule has 0 fully saturated rings. The molecule has 0 aliphatic carbocycles. The second-order valence-electron chi connectivity index (χ2n) is 5.59. The molecule has 0 atom stereocenters. The van der Waals surface area contributed by atoms with Crippen molar-refractivity contribution in [2.45, 2.75) is 26.3 Å². The highest BCUT2D eigenvalue weighted by Gasteiger charge is 2.14. The largest absolute Gasteiger partial charge is 0.395 e. The van der Waals surface area contributed by atoms with Crippen LogP contribution >= 0.6 is 0 Å². The summed E-state index contributed by atoms with van der Waals surface area (Å²) in [6.07, 6.45) is 4.01. The Labute approximate surface area is 134 Å². The van der Waals surface area contributed by atoms with Gasteiger partial charge >= 0.3 is 0 Å². The van der Waals surface area contributed by atoms with Crippen molar-refractivity contribution in [3.8, 4) is 0 Å². The average Bonchev–Trinajstić information content (AvgIpc) is 2.91. The monoisotopic (exact) mass is 311 g/mol. The third-order valence-electron chi connectivity index (χ3n) is 4.02. The van der Waals surface area contributed by atoms with E-state index in [0.29, 0.717) is 5.69 Å². The van der Waals surface area contributed by atoms with Crippen LogP contribution in [0.5, 0.6) is 0 Å². The normalized spacial score (nSPS) is 11.2. The molecule has 23 heavy (non-hydrogen) atoms. The van der Waals surface area contributed by atoms with Crippen LogP contribution in [-0.4, -0.2) is 33.7 Å². The molecule has 1 amide bonds. The molecule has 120 valence electrons. The van der Waals surface area contributed by atoms with Crippen molar-refractivity contribution in [1.29, 1.82) is 0 Å². The number of carbonyl (C=O) groups is 1. The van der Waals surface area contributed by atoms with Gasteiger partial charge in [-0.15, -0.1) is 0 Å². The maximum absolute atomic E-state index is 12.1. The molecule has 0 radical (unpaired) electrons. The van der Waals surface area contributed by atoms with E-state index in [9.17, 15) is 4.79 Å². The molecule has 0 unspecified atom stereocenters. The molecular weight excluding hydrogens is 290 g/mol. The number of unbranched alkanes of at least 4 members (excludes halogenated alkanes) is 1. The van der Waals surface area contributed by atoms with Crippen LogP contribution in [0.3, 0.4) is 0 Å². The Kier molecular flexibility index (Phi) is 4.57. The van der Waals surface area contributed by atoms with E-state index in [1.165, 1.54) is 5.52 Å². The maximum atomic E-state index is 12.1. The second kappa shape index (κ2) is 6.79. The van der Waals surface area contributed by atoms with Gasteiger partial charge in [-0.1, -0.05) is 31.5 Å². The number of hydrogen-bond acceptors (Lipinski definition) is 3. The van der Waals surface area contributed by atoms with Crippen LogP contribution in [0.15, 0.2) is 36.5 Å². The highest BCUT2D eigenvalue weighted by Crippen LogP contribution is 2.29. The fraction of sp³-hybridized carbons (Fsp3) is 0.333. The van der Waals surface area contributed by atoms with Gasteiger partial charge in [0, 0.05) is 29.4 Å². The molecule has 0 saturated heterocycles. The number of para-hydroxylation sites is 1. The number of aliphatic hydroxyl groups excluding tert-OH is 1. The van der Waals surface area contributed by atoms with E-state index in [1.54, 1.807) is 6.20 Å². The van der Waals surface area contributed by atoms with Crippen LogP contribution in [0, 0.1) is 0 Å². The molecule has 2 aromatic heterocycles. The third kappa shape index (κ3) is 2.92. The number of benzene rings is 1. The van der Waals surface area contributed by atoms with E-state index < -0.39 is 0 Å². The fourth-order valence-electron chi connectivity index (χ4n) is 2.89. The van der Waals surface area contributed by atoms with Gasteiger partial charge in [-0.2, -0.15) is 0 Å². The van der Waals surface area contributed by atoms with Gasteiger partial charge in [-0.25, -0.2) is 4.98 Å². The molecule has 0 spiro atoms. The number of aliphatic hydroxyl groups is 1. The maximum Gasteiger partial charge on any atom is 0.269 e. The zero-order valence-electron chi connectivity index (χ0n) is 13.2. The van der Waals surface area contributed by atoms with Crippen molar-refractivity contribution in [2.75, 3.05) is 13.2 Å². The van der Waals surface area contributed by atoms with Crippen molar-refractivity contribution >= 4 is 27.7 Å². The molecular formula is C18H21N3O2. The SMILES string of the molecule is CCCCn1c2ccccc2c2cc(C(=O)NCCO)ncc21. The number of hydrogen-bond donors (Lipinski definition) is 2. The number of amides is 1. The number of nitrogens with one attached hydrogen (secondary N) is 1. The van der Waals surface area contributed by atoms with Crippen molar-refractivity contribution in [1.82, 2.24) is 14.9 Å². The third-order valence-corrected chi connectivity index (χ3v) is 4.02. The highest BCUT2D eigenvalue weighted by atomic mass is 16.3. The van der Waals surface area contributed by atoms with Crippen LogP contribution in [-0.2, 0) is 6.54 Å². The number of aromatic nitrogens is 2. The van der Waals surface area contributed by atoms with Crippen LogP contribution in [0.4, 0.5) is 0 Å². The minimum Gasteiger partial charge on any atom is -0.395 e. The lowest BCUT2D eigenvalue weighted by Gasteiger charge is -2.06. The van der Waals surface area contributed by atoms with Gasteiger partial charge in [-0.3, -0.25) is 4.79 Å². The van der Waals surface area contributed by atoms with Crippen molar-refractivity contribution in [2.24, 2.45) is 0 Å². The topological polar surface area (TPSA) is 67.2 Å². The van der Waals surface area contributed by atoms with Crippen molar-refractivity contribution < 1.29 is 9.90 Å². The summed E-state index contributed by atoms with van der Waals surface area (Å²) in [5.41, 5.74) is 2.60. The van der Waals surface area contributed by atoms with Crippen LogP contribution in [0.1, 0.15) is 30.3 Å². The van der Waals surface area contributed by atoms with Gasteiger partial charge in [0.25, 0.3) is 5.91 Å². The Hall–Kier alpha value is -2.40. The summed E-state index contributed by atoms with van der Waals surface area (Å²) in [6.45, 7) is 3.27. The van der Waals surface area contributed by atoms with E-state index >= 15 is 0 Å². The molecule has 3 aromatic rings. The van der Waals surface area contributed by atoms with E-state index in [2.05, 4.69) is 33.9 Å². The quantitative estimate of drug-likeness (QED) is 0.735. The van der Waals surface area contributed by atoms with Crippen LogP contribution < -0.4 is 5.32 Å². The lowest BCUT2D eigenvalue weighted by atomic mass is 10.1. The highest BCUT2D eigenvalue weighted by molar-refractivity contribution is 6.09. The Bertz CT molecular complexity index is 839. The summed E-state index contributed by atoms with van der Waals surface area (Å²) >= 11 is 0. The zero-order chi connectivity index (χ0) is 16.2. The zero-order valence-corrected chi connectivity index (χ0v) is 13.2. The molecule has 0 saturated carbocycles. The summed E-state index contributed by atoms with van der Waals surface area (Å²) in [5.74, 6) is -0.258. The van der Waals surface area contributed by atoms with E-state index in [0.717, 1.165) is 35.7 Å². The fourth-order valence-corrected chi connectivity index (χ4v) is 2.89. The standard InChI is InChI=1S/C18H21N3O2/c1-2-3-9-21-16-7-5-4-6-13(16)14-11-15(20-12-17(14)21)18(23)19-8-10-22/h4-7,11-12,22H,2-3,8-10H2,1H3,(H,19,23). The predicted molar refractivity (Wildman–Crippen MR) is 91.6 cm³/mol. The minimum absolute atomic E-state index is 0.0791. The number of nitrogens with zero attached hydrogens (tertiary/aromatic N) is 2. The van der Waals surface area contributed by atoms with Gasteiger partial charge in [-0.05, 0) is 18.6 Å². The molecule has 0 aliphatic heterocycles. The summed E-state index contributed by atoms with van der Waals surface area (Å²) in [6, 6.07) is 10.1. The smallest absolute Gasteiger partial charge is 0.269 e. The molecule has 3 rings (SSSR count). The van der Waals surface area contributed by atoms with Gasteiger partial charge in [0.1, 0.15) is 5.69 Å². The molecule has 2 N–H and O–H groups in total. The molecule has 5 heteroatoms. The van der Waals surface area contributed by atoms with Gasteiger partial charge in [0.15, 0.2) is 0 Å². The number of aryl methyl sites for hydroxylation is 1. The van der Waals surface area contributed by atoms with Crippen molar-refractivity contribution in [3.05, 3.63) is 42.2 Å². The first kappa shape index (κ1) is 15.5. The number of rotatable bonds is 6. The molecule has 0 bridgehead atoms. The second-order valence-corrected chi connectivity index (χ2v) is 5.59. The van der Waals surface area contributed by atoms with Gasteiger partial charge < -0.3 is 15.0 Å². The van der Waals surface area contributed by atoms with E-state index in [4.69, 9.17) is 5.11 Å². The summed E-state index contributed by atoms with van der Waals surface area (Å²) in [4.78, 5) is 16.4. The minimum atomic E-state index is -0.258. The lowest BCUT2D eigenvalue weighted by molar-refractivity contribution is 0.0940. The van der Waals surface area contributed by atoms with Crippen LogP contribution in [0.25, 0.3) is 21.8 Å². The van der Waals surface area contributed by atoms with E-state index in [1.807, 2.05) is 18.2 Å². The van der Waals surface area contributed by atoms with E-state index in [-0.39, 0.29) is 19.1 Å². The van der Waals surface area contributed by atoms with Gasteiger partial charge in [0.05, 0.1) is 18.3 Å². The number of carbonyl (C=O) groups excluding carboxylic acids is 1. The Morgan fingerprint density at radius 3 is 2.87 bits per heavy atom. The number of pyridine rings is 1. The first-order chi connectivity index (χ1) is 11.3. The van der Waals surface area contributed by atoms with Crippen molar-refractivity contribution in [3.63, 3.8) is 0 Å². The van der Waals surface area contributed by atoms with Gasteiger partial charge in [0.2, 0.25) is 0 Å². The molecule has 0 aliphatic rings. The Morgan fingerprint density at radius 2 is 2.09 bits per heavy atom. The summed E-state index contributed by atoms with van der Waals surface area (Å²) in [5, 5.41) is 13.6. The summed E-state index contributed by atoms with van der Waals surface area (Å²) in [7, 11) is 0. The molecule has 2 heterocycles. The Morgan fingerprint density at radius 1 is 1.26 bits per heavy atom. The first-order valence-electron chi connectivity index (χ1n) is 8.02. The first-order valence-corrected chi connectivity index (χ1v) is 8.02. The predicted octanol–water partition coefficient (Wildman–Crippen LogP) is 2.71.